The lowest BCUT2D eigenvalue weighted by atomic mass is 9.91. The van der Waals surface area contributed by atoms with Crippen LogP contribution in [0.4, 0.5) is 8.78 Å². The van der Waals surface area contributed by atoms with E-state index in [0.29, 0.717) is 25.2 Å². The van der Waals surface area contributed by atoms with E-state index in [9.17, 15) is 23.8 Å². The number of aromatic nitrogens is 1. The molecule has 2 N–H and O–H groups in total. The maximum Gasteiger partial charge on any atom is 0.195 e. The van der Waals surface area contributed by atoms with E-state index in [2.05, 4.69) is 4.98 Å². The molecular weight excluding hydrogens is 366 g/mol. The van der Waals surface area contributed by atoms with E-state index in [1.165, 1.54) is 24.4 Å². The fourth-order valence-electron chi connectivity index (χ4n) is 3.80. The molecule has 0 saturated carbocycles. The number of benzene rings is 1. The second kappa shape index (κ2) is 9.21. The Labute approximate surface area is 162 Å². The van der Waals surface area contributed by atoms with Gasteiger partial charge in [0.1, 0.15) is 11.4 Å². The molecule has 150 valence electrons. The Morgan fingerprint density at radius 3 is 2.61 bits per heavy atom. The van der Waals surface area contributed by atoms with Crippen molar-refractivity contribution < 1.29 is 23.8 Å². The van der Waals surface area contributed by atoms with Crippen LogP contribution >= 0.6 is 0 Å². The number of likely N-dealkylation sites (tertiary alicyclic amines) is 1. The molecule has 2 heterocycles. The summed E-state index contributed by atoms with van der Waals surface area (Å²) < 4.78 is 26.3. The molecule has 1 aromatic carbocycles. The normalized spacial score (nSPS) is 19.8. The summed E-state index contributed by atoms with van der Waals surface area (Å²) in [7, 11) is 0. The molecular formula is C21H24F2N2O3. The standard InChI is InChI=1S/C21H24F2N2O3/c22-18-6-4-14(8-19(18)23)2-1-3-15-10-25(11-16(15)13-26)12-21(28)20-7-5-17(27)9-24-20/h4-9,15-16,26-27H,1-3,10-13H2/t15-,16-/m1/s1. The van der Waals surface area contributed by atoms with Gasteiger partial charge in [-0.2, -0.15) is 0 Å². The number of hydrogen-bond acceptors (Lipinski definition) is 5. The van der Waals surface area contributed by atoms with E-state index >= 15 is 0 Å². The number of pyridine rings is 1. The average Bonchev–Trinajstić information content (AvgIpc) is 3.06. The van der Waals surface area contributed by atoms with Gasteiger partial charge in [0.05, 0.1) is 12.7 Å². The fraction of sp³-hybridized carbons (Fsp3) is 0.429. The molecule has 3 rings (SSSR count). The number of Topliss-reactive ketones (excluding diaryl/α,β-unsaturated/α-hetero) is 1. The molecule has 1 aliphatic heterocycles. The first-order valence-electron chi connectivity index (χ1n) is 9.41. The summed E-state index contributed by atoms with van der Waals surface area (Å²) in [6, 6.07) is 6.88. The van der Waals surface area contributed by atoms with Crippen molar-refractivity contribution >= 4 is 5.78 Å². The summed E-state index contributed by atoms with van der Waals surface area (Å²) in [5.74, 6) is -1.46. The summed E-state index contributed by atoms with van der Waals surface area (Å²) in [6.07, 6.45) is 3.52. The smallest absolute Gasteiger partial charge is 0.195 e. The zero-order valence-corrected chi connectivity index (χ0v) is 15.5. The van der Waals surface area contributed by atoms with Gasteiger partial charge >= 0.3 is 0 Å². The highest BCUT2D eigenvalue weighted by molar-refractivity contribution is 5.95. The predicted molar refractivity (Wildman–Crippen MR) is 100 cm³/mol. The third-order valence-corrected chi connectivity index (χ3v) is 5.31. The number of aliphatic hydroxyl groups excluding tert-OH is 1. The van der Waals surface area contributed by atoms with Crippen molar-refractivity contribution in [3.8, 4) is 5.75 Å². The van der Waals surface area contributed by atoms with Gasteiger partial charge in [-0.25, -0.2) is 13.8 Å². The van der Waals surface area contributed by atoms with Crippen LogP contribution in [0.5, 0.6) is 5.75 Å². The van der Waals surface area contributed by atoms with Crippen molar-refractivity contribution in [1.29, 1.82) is 0 Å². The minimum Gasteiger partial charge on any atom is -0.506 e. The number of ketones is 1. The Morgan fingerprint density at radius 1 is 1.14 bits per heavy atom. The zero-order chi connectivity index (χ0) is 20.1. The van der Waals surface area contributed by atoms with Crippen LogP contribution in [0.15, 0.2) is 36.5 Å². The van der Waals surface area contributed by atoms with E-state index < -0.39 is 11.6 Å². The van der Waals surface area contributed by atoms with Gasteiger partial charge in [0, 0.05) is 19.7 Å². The van der Waals surface area contributed by atoms with Gasteiger partial charge in [0.25, 0.3) is 0 Å². The molecule has 7 heteroatoms. The molecule has 1 aliphatic rings. The third kappa shape index (κ3) is 5.11. The number of aliphatic hydroxyl groups is 1. The van der Waals surface area contributed by atoms with Gasteiger partial charge in [-0.1, -0.05) is 6.07 Å². The van der Waals surface area contributed by atoms with Crippen molar-refractivity contribution in [2.75, 3.05) is 26.2 Å². The quantitative estimate of drug-likeness (QED) is 0.678. The molecule has 1 aromatic heterocycles. The van der Waals surface area contributed by atoms with Gasteiger partial charge < -0.3 is 10.2 Å². The van der Waals surface area contributed by atoms with Crippen LogP contribution in [-0.4, -0.2) is 52.1 Å². The van der Waals surface area contributed by atoms with Gasteiger partial charge in [-0.15, -0.1) is 0 Å². The Morgan fingerprint density at radius 2 is 1.93 bits per heavy atom. The largest absolute Gasteiger partial charge is 0.506 e. The number of hydrogen-bond donors (Lipinski definition) is 2. The zero-order valence-electron chi connectivity index (χ0n) is 15.5. The second-order valence-corrected chi connectivity index (χ2v) is 7.36. The fourth-order valence-corrected chi connectivity index (χ4v) is 3.80. The predicted octanol–water partition coefficient (Wildman–Crippen LogP) is 2.81. The molecule has 0 aliphatic carbocycles. The molecule has 0 bridgehead atoms. The van der Waals surface area contributed by atoms with Crippen molar-refractivity contribution in [3.63, 3.8) is 0 Å². The minimum atomic E-state index is -0.844. The second-order valence-electron chi connectivity index (χ2n) is 7.36. The molecule has 0 amide bonds. The highest BCUT2D eigenvalue weighted by Gasteiger charge is 2.32. The summed E-state index contributed by atoms with van der Waals surface area (Å²) in [5, 5.41) is 18.9. The van der Waals surface area contributed by atoms with Gasteiger partial charge in [-0.3, -0.25) is 9.69 Å². The van der Waals surface area contributed by atoms with Crippen molar-refractivity contribution in [3.05, 3.63) is 59.4 Å². The Kier molecular flexibility index (Phi) is 6.70. The van der Waals surface area contributed by atoms with E-state index in [0.717, 1.165) is 24.5 Å². The lowest BCUT2D eigenvalue weighted by Crippen LogP contribution is -2.28. The van der Waals surface area contributed by atoms with Crippen LogP contribution in [0.25, 0.3) is 0 Å². The van der Waals surface area contributed by atoms with Crippen molar-refractivity contribution in [2.24, 2.45) is 11.8 Å². The average molecular weight is 390 g/mol. The van der Waals surface area contributed by atoms with Crippen molar-refractivity contribution in [1.82, 2.24) is 9.88 Å². The van der Waals surface area contributed by atoms with Crippen molar-refractivity contribution in [2.45, 2.75) is 19.3 Å². The van der Waals surface area contributed by atoms with Crippen LogP contribution in [0.2, 0.25) is 0 Å². The number of carbonyl (C=O) groups excluding carboxylic acids is 1. The lowest BCUT2D eigenvalue weighted by Gasteiger charge is -2.16. The molecule has 1 fully saturated rings. The first-order valence-corrected chi connectivity index (χ1v) is 9.41. The summed E-state index contributed by atoms with van der Waals surface area (Å²) >= 11 is 0. The van der Waals surface area contributed by atoms with Gasteiger partial charge in [0.2, 0.25) is 0 Å². The number of carbonyl (C=O) groups is 1. The van der Waals surface area contributed by atoms with E-state index in [1.54, 1.807) is 6.07 Å². The highest BCUT2D eigenvalue weighted by atomic mass is 19.2. The number of rotatable bonds is 8. The Hall–Kier alpha value is -2.38. The maximum absolute atomic E-state index is 13.3. The monoisotopic (exact) mass is 390 g/mol. The van der Waals surface area contributed by atoms with Crippen LogP contribution in [0, 0.1) is 23.5 Å². The number of halogens is 2. The van der Waals surface area contributed by atoms with Gasteiger partial charge in [-0.05, 0) is 60.9 Å². The lowest BCUT2D eigenvalue weighted by molar-refractivity contribution is 0.0935. The first kappa shape index (κ1) is 20.4. The Bertz CT molecular complexity index is 814. The summed E-state index contributed by atoms with van der Waals surface area (Å²) in [4.78, 5) is 18.3. The van der Waals surface area contributed by atoms with E-state index in [4.69, 9.17) is 0 Å². The molecule has 0 radical (unpaired) electrons. The van der Waals surface area contributed by atoms with Crippen LogP contribution in [0.3, 0.4) is 0 Å². The molecule has 28 heavy (non-hydrogen) atoms. The molecule has 5 nitrogen and oxygen atoms in total. The number of aromatic hydroxyl groups is 1. The van der Waals surface area contributed by atoms with Crippen LogP contribution in [-0.2, 0) is 6.42 Å². The molecule has 0 unspecified atom stereocenters. The molecule has 1 saturated heterocycles. The number of aryl methyl sites for hydroxylation is 1. The number of nitrogens with zero attached hydrogens (tertiary/aromatic N) is 2. The van der Waals surface area contributed by atoms with E-state index in [1.807, 2.05) is 4.90 Å². The molecule has 0 spiro atoms. The molecule has 2 atom stereocenters. The first-order chi connectivity index (χ1) is 13.5. The van der Waals surface area contributed by atoms with Crippen LogP contribution < -0.4 is 0 Å². The highest BCUT2D eigenvalue weighted by Crippen LogP contribution is 2.28. The summed E-state index contributed by atoms with van der Waals surface area (Å²) in [5.41, 5.74) is 1.06. The maximum atomic E-state index is 13.3. The minimum absolute atomic E-state index is 0.0131. The summed E-state index contributed by atoms with van der Waals surface area (Å²) in [6.45, 7) is 1.61. The van der Waals surface area contributed by atoms with Crippen LogP contribution in [0.1, 0.15) is 28.9 Å². The third-order valence-electron chi connectivity index (χ3n) is 5.31. The SMILES string of the molecule is O=C(CN1C[C@@H](CCCc2ccc(F)c(F)c2)[C@@H](CO)C1)c1ccc(O)cn1. The Balaban J connectivity index is 1.50. The van der Waals surface area contributed by atoms with E-state index in [-0.39, 0.29) is 36.5 Å². The molecule has 2 aromatic rings. The van der Waals surface area contributed by atoms with Gasteiger partial charge in [0.15, 0.2) is 17.4 Å². The topological polar surface area (TPSA) is 73.7 Å².